The highest BCUT2D eigenvalue weighted by Crippen LogP contribution is 2.30. The maximum Gasteiger partial charge on any atom is 0.233 e. The predicted molar refractivity (Wildman–Crippen MR) is 119 cm³/mol. The number of nitrogens with two attached hydrogens (primary N) is 1. The lowest BCUT2D eigenvalue weighted by Gasteiger charge is -2.35. The molecule has 1 aromatic carbocycles. The van der Waals surface area contributed by atoms with Crippen LogP contribution in [0.15, 0.2) is 47.8 Å². The highest BCUT2D eigenvalue weighted by Gasteiger charge is 2.23. The zero-order valence-corrected chi connectivity index (χ0v) is 18.2. The Kier molecular flexibility index (Phi) is 6.31. The normalized spacial score (nSPS) is 14.2. The number of aromatic nitrogens is 4. The van der Waals surface area contributed by atoms with Crippen molar-refractivity contribution in [3.63, 3.8) is 0 Å². The fourth-order valence-electron chi connectivity index (χ4n) is 3.17. The number of piperazine rings is 1. The number of carbonyl (C=O) groups is 1. The predicted octanol–water partition coefficient (Wildman–Crippen LogP) is 2.80. The first-order valence-corrected chi connectivity index (χ1v) is 11.0. The molecule has 1 amide bonds. The Hall–Kier alpha value is -2.49. The second kappa shape index (κ2) is 9.11. The third-order valence-corrected chi connectivity index (χ3v) is 6.24. The average molecular weight is 464 g/mol. The lowest BCUT2D eigenvalue weighted by molar-refractivity contribution is -0.128. The van der Waals surface area contributed by atoms with Crippen molar-refractivity contribution in [2.45, 2.75) is 5.16 Å². The summed E-state index contributed by atoms with van der Waals surface area (Å²) in [5, 5.41) is 9.60. The third kappa shape index (κ3) is 4.48. The monoisotopic (exact) mass is 463 g/mol. The minimum atomic E-state index is 0.0368. The van der Waals surface area contributed by atoms with Crippen molar-refractivity contribution in [1.29, 1.82) is 0 Å². The zero-order chi connectivity index (χ0) is 21.1. The van der Waals surface area contributed by atoms with Crippen LogP contribution in [0.5, 0.6) is 0 Å². The van der Waals surface area contributed by atoms with Gasteiger partial charge in [-0.05, 0) is 30.3 Å². The molecule has 2 N–H and O–H groups in total. The molecule has 3 aromatic rings. The smallest absolute Gasteiger partial charge is 0.233 e. The number of pyridine rings is 1. The second-order valence-electron chi connectivity index (χ2n) is 6.64. The van der Waals surface area contributed by atoms with Crippen LogP contribution in [-0.4, -0.2) is 62.6 Å². The first kappa shape index (κ1) is 20.8. The SMILES string of the molecule is Nn1c(SCC(=O)N2CCN(c3ccccn3)CC2)nnc1-c1ccc(Cl)cc1Cl. The van der Waals surface area contributed by atoms with Crippen molar-refractivity contribution in [3.8, 4) is 11.4 Å². The number of halogens is 2. The molecule has 11 heteroatoms. The van der Waals surface area contributed by atoms with Gasteiger partial charge in [-0.15, -0.1) is 10.2 Å². The molecule has 0 radical (unpaired) electrons. The second-order valence-corrected chi connectivity index (χ2v) is 8.43. The maximum absolute atomic E-state index is 12.6. The highest BCUT2D eigenvalue weighted by molar-refractivity contribution is 7.99. The molecule has 2 aromatic heterocycles. The topological polar surface area (TPSA) is 93.2 Å². The first-order chi connectivity index (χ1) is 14.5. The van der Waals surface area contributed by atoms with Crippen LogP contribution in [-0.2, 0) is 4.79 Å². The van der Waals surface area contributed by atoms with Crippen LogP contribution in [0.2, 0.25) is 10.0 Å². The molecule has 8 nitrogen and oxygen atoms in total. The van der Waals surface area contributed by atoms with Gasteiger partial charge in [0.25, 0.3) is 0 Å². The highest BCUT2D eigenvalue weighted by atomic mass is 35.5. The zero-order valence-electron chi connectivity index (χ0n) is 15.9. The van der Waals surface area contributed by atoms with Crippen LogP contribution in [0.3, 0.4) is 0 Å². The number of hydrogen-bond donors (Lipinski definition) is 1. The summed E-state index contributed by atoms with van der Waals surface area (Å²) >= 11 is 13.4. The van der Waals surface area contributed by atoms with Gasteiger partial charge in [-0.1, -0.05) is 41.0 Å². The van der Waals surface area contributed by atoms with Crippen LogP contribution < -0.4 is 10.7 Å². The Bertz CT molecular complexity index is 1040. The molecule has 0 saturated carbocycles. The molecule has 1 saturated heterocycles. The van der Waals surface area contributed by atoms with Gasteiger partial charge in [0.1, 0.15) is 5.82 Å². The van der Waals surface area contributed by atoms with Gasteiger partial charge in [-0.3, -0.25) is 4.79 Å². The van der Waals surface area contributed by atoms with E-state index in [1.165, 1.54) is 16.4 Å². The summed E-state index contributed by atoms with van der Waals surface area (Å²) in [5.41, 5.74) is 0.625. The average Bonchev–Trinajstić information content (AvgIpc) is 3.13. The van der Waals surface area contributed by atoms with Crippen molar-refractivity contribution in [1.82, 2.24) is 24.8 Å². The van der Waals surface area contributed by atoms with E-state index < -0.39 is 0 Å². The van der Waals surface area contributed by atoms with Gasteiger partial charge in [-0.25, -0.2) is 9.66 Å². The van der Waals surface area contributed by atoms with E-state index in [0.29, 0.717) is 39.7 Å². The van der Waals surface area contributed by atoms with Gasteiger partial charge in [0, 0.05) is 43.0 Å². The first-order valence-electron chi connectivity index (χ1n) is 9.25. The molecule has 0 unspecified atom stereocenters. The fourth-order valence-corrected chi connectivity index (χ4v) is 4.43. The quantitative estimate of drug-likeness (QED) is 0.459. The summed E-state index contributed by atoms with van der Waals surface area (Å²) in [6, 6.07) is 10.9. The van der Waals surface area contributed by atoms with Crippen LogP contribution >= 0.6 is 35.0 Å². The summed E-state index contributed by atoms with van der Waals surface area (Å²) in [5.74, 6) is 7.74. The Labute approximate surface area is 187 Å². The number of nitrogens with zero attached hydrogens (tertiary/aromatic N) is 6. The number of hydrogen-bond acceptors (Lipinski definition) is 7. The van der Waals surface area contributed by atoms with Crippen LogP contribution in [0.1, 0.15) is 0 Å². The van der Waals surface area contributed by atoms with Crippen LogP contribution in [0, 0.1) is 0 Å². The van der Waals surface area contributed by atoms with Crippen molar-refractivity contribution in [3.05, 3.63) is 52.6 Å². The van der Waals surface area contributed by atoms with E-state index in [1.807, 2.05) is 23.1 Å². The molecule has 0 atom stereocenters. The number of amides is 1. The fraction of sp³-hybridized carbons (Fsp3) is 0.263. The van der Waals surface area contributed by atoms with Gasteiger partial charge in [-0.2, -0.15) is 0 Å². The van der Waals surface area contributed by atoms with E-state index in [1.54, 1.807) is 24.4 Å². The van der Waals surface area contributed by atoms with Crippen molar-refractivity contribution in [2.24, 2.45) is 0 Å². The van der Waals surface area contributed by atoms with E-state index in [2.05, 4.69) is 20.1 Å². The van der Waals surface area contributed by atoms with Gasteiger partial charge >= 0.3 is 0 Å². The third-order valence-electron chi connectivity index (χ3n) is 4.77. The molecule has 156 valence electrons. The van der Waals surface area contributed by atoms with Crippen molar-refractivity contribution < 1.29 is 4.79 Å². The molecular weight excluding hydrogens is 445 g/mol. The van der Waals surface area contributed by atoms with Crippen LogP contribution in [0.25, 0.3) is 11.4 Å². The van der Waals surface area contributed by atoms with Gasteiger partial charge in [0.15, 0.2) is 5.82 Å². The Morgan fingerprint density at radius 3 is 2.60 bits per heavy atom. The Morgan fingerprint density at radius 1 is 1.10 bits per heavy atom. The number of benzene rings is 1. The number of thioether (sulfide) groups is 1. The Morgan fingerprint density at radius 2 is 1.90 bits per heavy atom. The summed E-state index contributed by atoms with van der Waals surface area (Å²) in [6.45, 7) is 2.80. The Balaban J connectivity index is 1.34. The van der Waals surface area contributed by atoms with Gasteiger partial charge < -0.3 is 15.6 Å². The number of anilines is 1. The standard InChI is InChI=1S/C19H19Cl2N7OS/c20-13-4-5-14(15(21)11-13)18-24-25-19(28(18)22)30-12-17(29)27-9-7-26(8-10-27)16-3-1-2-6-23-16/h1-6,11H,7-10,12,22H2. The molecule has 1 aliphatic heterocycles. The molecule has 30 heavy (non-hydrogen) atoms. The molecule has 0 bridgehead atoms. The van der Waals surface area contributed by atoms with Crippen molar-refractivity contribution in [2.75, 3.05) is 42.7 Å². The number of nitrogen functional groups attached to an aromatic ring is 1. The summed E-state index contributed by atoms with van der Waals surface area (Å²) in [7, 11) is 0. The molecular formula is C19H19Cl2N7OS. The molecule has 0 spiro atoms. The van der Waals surface area contributed by atoms with E-state index in [9.17, 15) is 4.79 Å². The molecule has 1 fully saturated rings. The molecule has 0 aliphatic carbocycles. The number of rotatable bonds is 5. The van der Waals surface area contributed by atoms with Gasteiger partial charge in [0.2, 0.25) is 11.1 Å². The number of carbonyl (C=O) groups excluding carboxylic acids is 1. The van der Waals surface area contributed by atoms with E-state index in [-0.39, 0.29) is 11.7 Å². The van der Waals surface area contributed by atoms with Gasteiger partial charge in [0.05, 0.1) is 10.8 Å². The summed E-state index contributed by atoms with van der Waals surface area (Å²) < 4.78 is 1.34. The maximum atomic E-state index is 12.6. The largest absolute Gasteiger partial charge is 0.353 e. The molecule has 3 heterocycles. The van der Waals surface area contributed by atoms with E-state index >= 15 is 0 Å². The van der Waals surface area contributed by atoms with E-state index in [4.69, 9.17) is 29.0 Å². The minimum absolute atomic E-state index is 0.0368. The molecule has 1 aliphatic rings. The van der Waals surface area contributed by atoms with Crippen LogP contribution in [0.4, 0.5) is 5.82 Å². The minimum Gasteiger partial charge on any atom is -0.353 e. The lowest BCUT2D eigenvalue weighted by atomic mass is 10.2. The summed E-state index contributed by atoms with van der Waals surface area (Å²) in [6.07, 6.45) is 1.78. The lowest BCUT2D eigenvalue weighted by Crippen LogP contribution is -2.49. The summed E-state index contributed by atoms with van der Waals surface area (Å²) in [4.78, 5) is 21.0. The molecule has 4 rings (SSSR count). The van der Waals surface area contributed by atoms with E-state index in [0.717, 1.165) is 18.9 Å². The van der Waals surface area contributed by atoms with Crippen molar-refractivity contribution >= 4 is 46.7 Å².